The predicted molar refractivity (Wildman–Crippen MR) is 44.6 cm³/mol. The number of hydrogen-bond donors (Lipinski definition) is 2. The number of hydrogen-bond acceptors (Lipinski definition) is 2. The predicted octanol–water partition coefficient (Wildman–Crippen LogP) is 1.68. The maximum Gasteiger partial charge on any atom is 0.303 e. The molecule has 0 heterocycles. The van der Waals surface area contributed by atoms with Crippen molar-refractivity contribution in [1.29, 1.82) is 0 Å². The summed E-state index contributed by atoms with van der Waals surface area (Å²) in [6.45, 7) is 5.32. The van der Waals surface area contributed by atoms with E-state index < -0.39 is 11.5 Å². The number of alkyl halides is 1. The Kier molecular flexibility index (Phi) is 9.47. The van der Waals surface area contributed by atoms with E-state index in [2.05, 4.69) is 0 Å². The summed E-state index contributed by atoms with van der Waals surface area (Å²) in [6.07, 6.45) is 0.222. The first-order valence-electron chi connectivity index (χ1n) is 3.45. The van der Waals surface area contributed by atoms with Crippen LogP contribution < -0.4 is 0 Å². The smallest absolute Gasteiger partial charge is 0.303 e. The van der Waals surface area contributed by atoms with Crippen molar-refractivity contribution in [1.82, 2.24) is 0 Å². The average molecular weight is 183 g/mol. The lowest BCUT2D eigenvalue weighted by molar-refractivity contribution is -0.136. The van der Waals surface area contributed by atoms with Crippen LogP contribution in [-0.2, 0) is 4.79 Å². The van der Waals surface area contributed by atoms with Crippen molar-refractivity contribution in [3.63, 3.8) is 0 Å². The molecule has 0 radical (unpaired) electrons. The number of aliphatic carboxylic acids is 1. The molecule has 4 heteroatoms. The lowest BCUT2D eigenvalue weighted by atomic mass is 10.2. The van der Waals surface area contributed by atoms with Crippen molar-refractivity contribution >= 4 is 17.6 Å². The molecule has 0 saturated carbocycles. The molecule has 0 fully saturated rings. The van der Waals surface area contributed by atoms with Crippen molar-refractivity contribution in [3.8, 4) is 0 Å². The average Bonchev–Trinajstić information content (AvgIpc) is 1.89. The zero-order chi connectivity index (χ0) is 9.44. The zero-order valence-corrected chi connectivity index (χ0v) is 7.80. The number of aliphatic hydroxyl groups is 1. The summed E-state index contributed by atoms with van der Waals surface area (Å²) in [6, 6.07) is 0. The summed E-state index contributed by atoms with van der Waals surface area (Å²) in [4.78, 5) is 9.37. The molecule has 0 aromatic rings. The third kappa shape index (κ3) is 17.7. The van der Waals surface area contributed by atoms with E-state index in [4.69, 9.17) is 21.8 Å². The lowest BCUT2D eigenvalue weighted by Crippen LogP contribution is -2.04. The van der Waals surface area contributed by atoms with Crippen molar-refractivity contribution in [2.45, 2.75) is 32.8 Å². The molecule has 0 aliphatic heterocycles. The molecule has 0 spiro atoms. The van der Waals surface area contributed by atoms with Gasteiger partial charge in [-0.25, -0.2) is 0 Å². The van der Waals surface area contributed by atoms with Gasteiger partial charge in [-0.15, -0.1) is 0 Å². The third-order valence-electron chi connectivity index (χ3n) is 0.853. The van der Waals surface area contributed by atoms with Crippen LogP contribution in [0.4, 0.5) is 0 Å². The van der Waals surface area contributed by atoms with Crippen LogP contribution in [0.2, 0.25) is 0 Å². The van der Waals surface area contributed by atoms with Gasteiger partial charge >= 0.3 is 5.97 Å². The van der Waals surface area contributed by atoms with Crippen molar-refractivity contribution in [2.75, 3.05) is 0 Å². The molecule has 0 aromatic carbocycles. The van der Waals surface area contributed by atoms with Gasteiger partial charge in [-0.2, -0.15) is 0 Å². The van der Waals surface area contributed by atoms with Gasteiger partial charge in [0.2, 0.25) is 0 Å². The Morgan fingerprint density at radius 2 is 1.73 bits per heavy atom. The quantitative estimate of drug-likeness (QED) is 0.639. The van der Waals surface area contributed by atoms with Crippen LogP contribution in [0.1, 0.15) is 27.2 Å². The highest BCUT2D eigenvalue weighted by molar-refractivity contribution is 6.19. The summed E-state index contributed by atoms with van der Waals surface area (Å²) in [5, 5.41) is 16.1. The van der Waals surface area contributed by atoms with E-state index in [1.165, 1.54) is 0 Å². The molecule has 0 aliphatic rings. The highest BCUT2D eigenvalue weighted by Gasteiger charge is 2.00. The highest BCUT2D eigenvalue weighted by atomic mass is 35.5. The maximum absolute atomic E-state index is 9.37. The van der Waals surface area contributed by atoms with E-state index in [-0.39, 0.29) is 12.3 Å². The molecule has 0 saturated heterocycles. The Balaban J connectivity index is 0. The largest absolute Gasteiger partial charge is 0.481 e. The molecule has 68 valence electrons. The number of carboxylic acids is 1. The number of halogens is 1. The fourth-order valence-corrected chi connectivity index (χ4v) is 0. The minimum Gasteiger partial charge on any atom is -0.481 e. The monoisotopic (exact) mass is 182 g/mol. The van der Waals surface area contributed by atoms with Crippen LogP contribution >= 0.6 is 11.6 Å². The molecule has 11 heavy (non-hydrogen) atoms. The molecule has 0 bridgehead atoms. The molecule has 3 nitrogen and oxygen atoms in total. The van der Waals surface area contributed by atoms with Gasteiger partial charge in [0.15, 0.2) is 0 Å². The Morgan fingerprint density at radius 3 is 1.73 bits per heavy atom. The number of aliphatic hydroxyl groups excluding tert-OH is 1. The summed E-state index contributed by atoms with van der Waals surface area (Å²) < 4.78 is 0. The summed E-state index contributed by atoms with van der Waals surface area (Å²) >= 11 is 5.17. The number of carbonyl (C=O) groups is 1. The first-order valence-corrected chi connectivity index (χ1v) is 3.89. The van der Waals surface area contributed by atoms with E-state index in [0.29, 0.717) is 0 Å². The van der Waals surface area contributed by atoms with Crippen molar-refractivity contribution in [2.24, 2.45) is 5.92 Å². The van der Waals surface area contributed by atoms with Gasteiger partial charge in [0, 0.05) is 6.42 Å². The van der Waals surface area contributed by atoms with Crippen LogP contribution in [-0.4, -0.2) is 21.7 Å². The molecule has 1 unspecified atom stereocenters. The van der Waals surface area contributed by atoms with Crippen LogP contribution in [0, 0.1) is 5.92 Å². The number of carboxylic acid groups (broad SMARTS) is 1. The molecular formula is C7H15ClO3. The molecule has 0 aliphatic carbocycles. The van der Waals surface area contributed by atoms with E-state index in [1.807, 2.05) is 13.8 Å². The minimum atomic E-state index is -0.745. The van der Waals surface area contributed by atoms with Crippen LogP contribution in [0.5, 0.6) is 0 Å². The minimum absolute atomic E-state index is 0.173. The summed E-state index contributed by atoms with van der Waals surface area (Å²) in [5.41, 5.74) is -0.676. The third-order valence-corrected chi connectivity index (χ3v) is 1.36. The van der Waals surface area contributed by atoms with Gasteiger partial charge in [0.25, 0.3) is 0 Å². The van der Waals surface area contributed by atoms with E-state index in [9.17, 15) is 4.79 Å². The second-order valence-electron chi connectivity index (χ2n) is 2.36. The Hall–Kier alpha value is -0.280. The fraction of sp³-hybridized carbons (Fsp3) is 0.857. The first-order chi connectivity index (χ1) is 4.91. The molecule has 1 atom stereocenters. The second kappa shape index (κ2) is 7.82. The van der Waals surface area contributed by atoms with E-state index in [0.717, 1.165) is 0 Å². The van der Waals surface area contributed by atoms with Crippen molar-refractivity contribution < 1.29 is 15.0 Å². The molecule has 0 aromatic heterocycles. The Morgan fingerprint density at radius 1 is 1.55 bits per heavy atom. The number of rotatable bonds is 2. The zero-order valence-electron chi connectivity index (χ0n) is 7.04. The lowest BCUT2D eigenvalue weighted by Gasteiger charge is -2.01. The highest BCUT2D eigenvalue weighted by Crippen LogP contribution is 2.02. The van der Waals surface area contributed by atoms with Crippen LogP contribution in [0.25, 0.3) is 0 Å². The van der Waals surface area contributed by atoms with Gasteiger partial charge < -0.3 is 10.2 Å². The molecule has 0 rings (SSSR count). The van der Waals surface area contributed by atoms with Crippen LogP contribution in [0.15, 0.2) is 0 Å². The van der Waals surface area contributed by atoms with Gasteiger partial charge in [0.1, 0.15) is 5.56 Å². The Bertz CT molecular complexity index is 95.9. The molecule has 2 N–H and O–H groups in total. The van der Waals surface area contributed by atoms with Crippen LogP contribution in [0.3, 0.4) is 0 Å². The first kappa shape index (κ1) is 13.3. The van der Waals surface area contributed by atoms with Gasteiger partial charge in [-0.1, -0.05) is 32.4 Å². The molecular weight excluding hydrogens is 168 g/mol. The van der Waals surface area contributed by atoms with E-state index >= 15 is 0 Å². The normalized spacial score (nSPS) is 11.8. The standard InChI is InChI=1S/C4H9ClO.C3H6O2/c1-3(2)4(5)6;1-2-3(4)5/h3-4,6H,1-2H3;2H2,1H3,(H,4,5). The van der Waals surface area contributed by atoms with Gasteiger partial charge in [-0.3, -0.25) is 4.79 Å². The van der Waals surface area contributed by atoms with Gasteiger partial charge in [0.05, 0.1) is 0 Å². The second-order valence-corrected chi connectivity index (χ2v) is 2.81. The summed E-state index contributed by atoms with van der Waals surface area (Å²) in [5.74, 6) is -0.573. The molecule has 0 amide bonds. The van der Waals surface area contributed by atoms with Gasteiger partial charge in [-0.05, 0) is 5.92 Å². The topological polar surface area (TPSA) is 57.5 Å². The fourth-order valence-electron chi connectivity index (χ4n) is 0. The maximum atomic E-state index is 9.37. The summed E-state index contributed by atoms with van der Waals surface area (Å²) in [7, 11) is 0. The SMILES string of the molecule is CC(C)C(O)Cl.CCC(=O)O. The van der Waals surface area contributed by atoms with Crippen molar-refractivity contribution in [3.05, 3.63) is 0 Å². The Labute approximate surface area is 72.0 Å². The van der Waals surface area contributed by atoms with E-state index in [1.54, 1.807) is 6.92 Å².